The van der Waals surface area contributed by atoms with Crippen molar-refractivity contribution in [2.75, 3.05) is 18.9 Å². The van der Waals surface area contributed by atoms with Crippen molar-refractivity contribution in [1.29, 1.82) is 0 Å². The summed E-state index contributed by atoms with van der Waals surface area (Å²) in [7, 11) is 0. The lowest BCUT2D eigenvalue weighted by Gasteiger charge is -2.26. The predicted octanol–water partition coefficient (Wildman–Crippen LogP) is -0.596. The van der Waals surface area contributed by atoms with E-state index in [4.69, 9.17) is 5.11 Å². The second-order valence-electron chi connectivity index (χ2n) is 3.92. The van der Waals surface area contributed by atoms with Gasteiger partial charge in [0, 0.05) is 25.3 Å². The maximum atomic E-state index is 12.0. The number of thiol groups is 1. The van der Waals surface area contributed by atoms with Gasteiger partial charge >= 0.3 is 0 Å². The van der Waals surface area contributed by atoms with Gasteiger partial charge < -0.3 is 15.3 Å². The van der Waals surface area contributed by atoms with E-state index in [1.165, 1.54) is 6.92 Å². The van der Waals surface area contributed by atoms with Gasteiger partial charge in [-0.1, -0.05) is 0 Å². The van der Waals surface area contributed by atoms with E-state index in [-0.39, 0.29) is 30.2 Å². The van der Waals surface area contributed by atoms with Crippen molar-refractivity contribution in [3.05, 3.63) is 0 Å². The molecule has 1 rings (SSSR count). The lowest BCUT2D eigenvalue weighted by atomic mass is 10.2. The summed E-state index contributed by atoms with van der Waals surface area (Å²) in [5.41, 5.74) is 0. The zero-order valence-corrected chi connectivity index (χ0v) is 10.2. The van der Waals surface area contributed by atoms with Crippen LogP contribution in [0.15, 0.2) is 0 Å². The highest BCUT2D eigenvalue weighted by atomic mass is 32.1. The van der Waals surface area contributed by atoms with Gasteiger partial charge in [-0.25, -0.2) is 0 Å². The lowest BCUT2D eigenvalue weighted by Crippen LogP contribution is -2.50. The highest BCUT2D eigenvalue weighted by Crippen LogP contribution is 2.27. The number of rotatable bonds is 6. The molecule has 0 heterocycles. The van der Waals surface area contributed by atoms with Crippen LogP contribution in [0.4, 0.5) is 0 Å². The molecule has 5 nitrogen and oxygen atoms in total. The molecule has 0 aromatic carbocycles. The first kappa shape index (κ1) is 13.3. The molecule has 1 aliphatic rings. The zero-order chi connectivity index (χ0) is 12.1. The molecule has 0 aromatic rings. The fraction of sp³-hybridized carbons (Fsp3) is 0.800. The van der Waals surface area contributed by atoms with E-state index < -0.39 is 6.04 Å². The number of carbonyl (C=O) groups is 2. The summed E-state index contributed by atoms with van der Waals surface area (Å²) in [6, 6.07) is -0.358. The van der Waals surface area contributed by atoms with E-state index in [1.54, 1.807) is 4.90 Å². The number of nitrogens with zero attached hydrogens (tertiary/aromatic N) is 1. The Hall–Kier alpha value is -0.750. The van der Waals surface area contributed by atoms with E-state index in [2.05, 4.69) is 17.9 Å². The van der Waals surface area contributed by atoms with Gasteiger partial charge in [0.2, 0.25) is 11.8 Å². The molecule has 1 saturated carbocycles. The Balaban J connectivity index is 2.59. The Bertz CT molecular complexity index is 269. The smallest absolute Gasteiger partial charge is 0.246 e. The molecule has 16 heavy (non-hydrogen) atoms. The molecule has 2 amide bonds. The van der Waals surface area contributed by atoms with Crippen LogP contribution in [0, 0.1) is 0 Å². The lowest BCUT2D eigenvalue weighted by molar-refractivity contribution is -0.136. The second kappa shape index (κ2) is 6.10. The van der Waals surface area contributed by atoms with Crippen LogP contribution in [0.1, 0.15) is 19.8 Å². The molecule has 6 heteroatoms. The monoisotopic (exact) mass is 246 g/mol. The fourth-order valence-corrected chi connectivity index (χ4v) is 1.85. The van der Waals surface area contributed by atoms with Gasteiger partial charge in [0.15, 0.2) is 0 Å². The van der Waals surface area contributed by atoms with Crippen molar-refractivity contribution in [3.8, 4) is 0 Å². The van der Waals surface area contributed by atoms with Gasteiger partial charge in [0.25, 0.3) is 0 Å². The molecule has 2 N–H and O–H groups in total. The Morgan fingerprint density at radius 3 is 2.56 bits per heavy atom. The first-order valence-corrected chi connectivity index (χ1v) is 6.02. The van der Waals surface area contributed by atoms with Crippen molar-refractivity contribution in [3.63, 3.8) is 0 Å². The third-order valence-corrected chi connectivity index (χ3v) is 2.83. The molecule has 92 valence electrons. The average molecular weight is 246 g/mol. The molecule has 1 fully saturated rings. The first-order valence-electron chi connectivity index (χ1n) is 5.39. The molecule has 0 radical (unpaired) electrons. The quantitative estimate of drug-likeness (QED) is 0.548. The summed E-state index contributed by atoms with van der Waals surface area (Å²) < 4.78 is 0. The highest BCUT2D eigenvalue weighted by molar-refractivity contribution is 7.80. The molecular weight excluding hydrogens is 228 g/mol. The third kappa shape index (κ3) is 3.68. The summed E-state index contributed by atoms with van der Waals surface area (Å²) in [5, 5.41) is 11.5. The predicted molar refractivity (Wildman–Crippen MR) is 63.3 cm³/mol. The average Bonchev–Trinajstić information content (AvgIpc) is 3.05. The summed E-state index contributed by atoms with van der Waals surface area (Å²) in [5.74, 6) is -0.124. The van der Waals surface area contributed by atoms with Crippen LogP contribution in [0.3, 0.4) is 0 Å². The van der Waals surface area contributed by atoms with Crippen LogP contribution in [0.5, 0.6) is 0 Å². The minimum absolute atomic E-state index is 0.0540. The molecule has 1 unspecified atom stereocenters. The van der Waals surface area contributed by atoms with Crippen LogP contribution < -0.4 is 5.32 Å². The maximum Gasteiger partial charge on any atom is 0.246 e. The molecule has 0 saturated heterocycles. The summed E-state index contributed by atoms with van der Waals surface area (Å²) in [6.45, 7) is 1.65. The number of carbonyl (C=O) groups excluding carboxylic acids is 2. The minimum Gasteiger partial charge on any atom is -0.395 e. The number of aliphatic hydroxyl groups is 1. The number of hydrogen-bond donors (Lipinski definition) is 3. The molecule has 0 bridgehead atoms. The molecule has 0 aromatic heterocycles. The largest absolute Gasteiger partial charge is 0.395 e. The van der Waals surface area contributed by atoms with Gasteiger partial charge in [0.05, 0.1) is 6.61 Å². The van der Waals surface area contributed by atoms with Gasteiger partial charge in [-0.2, -0.15) is 12.6 Å². The van der Waals surface area contributed by atoms with E-state index in [9.17, 15) is 9.59 Å². The number of hydrogen-bond acceptors (Lipinski definition) is 4. The Morgan fingerprint density at radius 2 is 2.19 bits per heavy atom. The first-order chi connectivity index (χ1) is 7.60. The van der Waals surface area contributed by atoms with E-state index in [0.29, 0.717) is 6.54 Å². The SMILES string of the molecule is CC(=O)NC(CS)C(=O)N(CCO)C1CC1. The minimum atomic E-state index is -0.590. The van der Waals surface area contributed by atoms with Crippen LogP contribution in [-0.2, 0) is 9.59 Å². The van der Waals surface area contributed by atoms with Gasteiger partial charge in [0.1, 0.15) is 6.04 Å². The van der Waals surface area contributed by atoms with Crippen molar-refractivity contribution in [2.24, 2.45) is 0 Å². The summed E-state index contributed by atoms with van der Waals surface area (Å²) in [6.07, 6.45) is 1.95. The van der Waals surface area contributed by atoms with Crippen molar-refractivity contribution in [1.82, 2.24) is 10.2 Å². The molecule has 1 aliphatic carbocycles. The number of aliphatic hydroxyl groups excluding tert-OH is 1. The van der Waals surface area contributed by atoms with Gasteiger partial charge in [-0.05, 0) is 12.8 Å². The Kier molecular flexibility index (Phi) is 5.08. The highest BCUT2D eigenvalue weighted by Gasteiger charge is 2.35. The maximum absolute atomic E-state index is 12.0. The van der Waals surface area contributed by atoms with E-state index >= 15 is 0 Å². The van der Waals surface area contributed by atoms with Crippen molar-refractivity contribution < 1.29 is 14.7 Å². The number of amides is 2. The molecular formula is C10H18N2O3S. The molecule has 0 spiro atoms. The van der Waals surface area contributed by atoms with Crippen molar-refractivity contribution >= 4 is 24.4 Å². The van der Waals surface area contributed by atoms with E-state index in [1.807, 2.05) is 0 Å². The normalized spacial score (nSPS) is 16.7. The van der Waals surface area contributed by atoms with Crippen LogP contribution in [-0.4, -0.2) is 52.8 Å². The molecule has 0 aliphatic heterocycles. The Morgan fingerprint density at radius 1 is 1.56 bits per heavy atom. The van der Waals surface area contributed by atoms with Gasteiger partial charge in [-0.15, -0.1) is 0 Å². The van der Waals surface area contributed by atoms with Crippen LogP contribution >= 0.6 is 12.6 Å². The number of nitrogens with one attached hydrogen (secondary N) is 1. The second-order valence-corrected chi connectivity index (χ2v) is 4.29. The molecule has 1 atom stereocenters. The van der Waals surface area contributed by atoms with Gasteiger partial charge in [-0.3, -0.25) is 9.59 Å². The zero-order valence-electron chi connectivity index (χ0n) is 9.35. The fourth-order valence-electron chi connectivity index (χ4n) is 1.60. The van der Waals surface area contributed by atoms with Crippen LogP contribution in [0.25, 0.3) is 0 Å². The topological polar surface area (TPSA) is 69.6 Å². The van der Waals surface area contributed by atoms with E-state index in [0.717, 1.165) is 12.8 Å². The third-order valence-electron chi connectivity index (χ3n) is 2.47. The standard InChI is InChI=1S/C10H18N2O3S/c1-7(14)11-9(6-16)10(15)12(4-5-13)8-2-3-8/h8-9,13,16H,2-6H2,1H3,(H,11,14). The van der Waals surface area contributed by atoms with Crippen molar-refractivity contribution in [2.45, 2.75) is 31.8 Å². The summed E-state index contributed by atoms with van der Waals surface area (Å²) in [4.78, 5) is 24.6. The Labute approximate surface area is 101 Å². The summed E-state index contributed by atoms with van der Waals surface area (Å²) >= 11 is 4.06. The van der Waals surface area contributed by atoms with Crippen LogP contribution in [0.2, 0.25) is 0 Å².